The number of halogens is 2. The van der Waals surface area contributed by atoms with Gasteiger partial charge in [0.05, 0.1) is 6.20 Å². The molecule has 2 aromatic carbocycles. The van der Waals surface area contributed by atoms with Crippen molar-refractivity contribution in [3.63, 3.8) is 0 Å². The van der Waals surface area contributed by atoms with Crippen LogP contribution in [0.4, 0.5) is 14.5 Å². The maximum Gasteiger partial charge on any atom is 0.261 e. The minimum atomic E-state index is -1.02. The van der Waals surface area contributed by atoms with Crippen LogP contribution in [0.15, 0.2) is 53.2 Å². The van der Waals surface area contributed by atoms with Crippen molar-refractivity contribution in [2.75, 3.05) is 5.32 Å². The monoisotopic (exact) mass is 314 g/mol. The van der Waals surface area contributed by atoms with Gasteiger partial charge in [-0.2, -0.15) is 0 Å². The Morgan fingerprint density at radius 1 is 1.09 bits per heavy atom. The van der Waals surface area contributed by atoms with E-state index < -0.39 is 17.5 Å². The lowest BCUT2D eigenvalue weighted by Crippen LogP contribution is -2.12. The average molecular weight is 314 g/mol. The number of carbonyl (C=O) groups excluding carboxylic acids is 1. The van der Waals surface area contributed by atoms with E-state index in [1.807, 2.05) is 19.1 Å². The number of hydrogen-bond donors (Lipinski definition) is 1. The maximum absolute atomic E-state index is 13.4. The minimum Gasteiger partial charge on any atom is -0.355 e. The summed E-state index contributed by atoms with van der Waals surface area (Å²) in [6.07, 6.45) is 1.24. The van der Waals surface area contributed by atoms with Gasteiger partial charge in [-0.1, -0.05) is 22.9 Å². The summed E-state index contributed by atoms with van der Waals surface area (Å²) in [6.45, 7) is 1.94. The highest BCUT2D eigenvalue weighted by atomic mass is 19.2. The van der Waals surface area contributed by atoms with E-state index in [2.05, 4.69) is 10.5 Å². The molecular formula is C17H12F2N2O2. The molecule has 0 unspecified atom stereocenters. The number of nitrogens with zero attached hydrogens (tertiary/aromatic N) is 1. The van der Waals surface area contributed by atoms with E-state index in [1.54, 1.807) is 12.1 Å². The fourth-order valence-electron chi connectivity index (χ4n) is 2.08. The van der Waals surface area contributed by atoms with E-state index in [9.17, 15) is 13.6 Å². The highest BCUT2D eigenvalue weighted by Gasteiger charge is 2.19. The first kappa shape index (κ1) is 14.9. The molecule has 0 bridgehead atoms. The summed E-state index contributed by atoms with van der Waals surface area (Å²) < 4.78 is 31.4. The summed E-state index contributed by atoms with van der Waals surface area (Å²) >= 11 is 0. The fourth-order valence-corrected chi connectivity index (χ4v) is 2.08. The summed E-state index contributed by atoms with van der Waals surface area (Å²) in [7, 11) is 0. The molecule has 0 aliphatic rings. The predicted molar refractivity (Wildman–Crippen MR) is 81.0 cm³/mol. The van der Waals surface area contributed by atoms with Crippen LogP contribution in [0.3, 0.4) is 0 Å². The number of nitrogens with one attached hydrogen (secondary N) is 1. The average Bonchev–Trinajstić information content (AvgIpc) is 3.02. The molecule has 0 aliphatic heterocycles. The highest BCUT2D eigenvalue weighted by Crippen LogP contribution is 2.26. The molecule has 3 rings (SSSR count). The topological polar surface area (TPSA) is 55.1 Å². The van der Waals surface area contributed by atoms with Gasteiger partial charge in [0.15, 0.2) is 17.4 Å². The molecule has 0 saturated heterocycles. The molecule has 0 spiro atoms. The fraction of sp³-hybridized carbons (Fsp3) is 0.0588. The number of benzene rings is 2. The van der Waals surface area contributed by atoms with Crippen molar-refractivity contribution < 1.29 is 18.1 Å². The molecule has 0 saturated carbocycles. The summed E-state index contributed by atoms with van der Waals surface area (Å²) in [4.78, 5) is 12.3. The van der Waals surface area contributed by atoms with Crippen molar-refractivity contribution in [3.8, 4) is 11.3 Å². The largest absolute Gasteiger partial charge is 0.355 e. The molecule has 0 radical (unpaired) electrons. The lowest BCUT2D eigenvalue weighted by atomic mass is 10.1. The maximum atomic E-state index is 13.4. The Labute approximate surface area is 130 Å². The summed E-state index contributed by atoms with van der Waals surface area (Å²) in [5.41, 5.74) is 2.04. The Bertz CT molecular complexity index is 857. The quantitative estimate of drug-likeness (QED) is 0.789. The Morgan fingerprint density at radius 3 is 2.52 bits per heavy atom. The first-order chi connectivity index (χ1) is 11.0. The molecule has 4 nitrogen and oxygen atoms in total. The SMILES string of the molecule is Cc1ccc(NC(=O)c2cnoc2-c2ccc(F)c(F)c2)cc1. The van der Waals surface area contributed by atoms with Crippen LogP contribution in [0.25, 0.3) is 11.3 Å². The zero-order chi connectivity index (χ0) is 16.4. The van der Waals surface area contributed by atoms with Crippen molar-refractivity contribution in [3.05, 3.63) is 71.4 Å². The van der Waals surface area contributed by atoms with E-state index in [1.165, 1.54) is 12.3 Å². The number of amides is 1. The first-order valence-corrected chi connectivity index (χ1v) is 6.83. The number of aromatic nitrogens is 1. The predicted octanol–water partition coefficient (Wildman–Crippen LogP) is 4.18. The van der Waals surface area contributed by atoms with E-state index in [0.717, 1.165) is 17.7 Å². The van der Waals surface area contributed by atoms with E-state index in [-0.39, 0.29) is 16.9 Å². The third-order valence-electron chi connectivity index (χ3n) is 3.31. The van der Waals surface area contributed by atoms with Crippen molar-refractivity contribution in [1.82, 2.24) is 5.16 Å². The number of rotatable bonds is 3. The van der Waals surface area contributed by atoms with Gasteiger partial charge in [-0.3, -0.25) is 4.79 Å². The molecule has 0 atom stereocenters. The molecule has 3 aromatic rings. The molecule has 1 aromatic heterocycles. The first-order valence-electron chi connectivity index (χ1n) is 6.83. The minimum absolute atomic E-state index is 0.0773. The van der Waals surface area contributed by atoms with Gasteiger partial charge in [-0.15, -0.1) is 0 Å². The second-order valence-electron chi connectivity index (χ2n) is 5.02. The lowest BCUT2D eigenvalue weighted by molar-refractivity contribution is 0.102. The van der Waals surface area contributed by atoms with Crippen molar-refractivity contribution in [2.24, 2.45) is 0 Å². The Balaban J connectivity index is 1.89. The second-order valence-corrected chi connectivity index (χ2v) is 5.02. The summed E-state index contributed by atoms with van der Waals surface area (Å²) in [5.74, 6) is -2.37. The van der Waals surface area contributed by atoms with Crippen molar-refractivity contribution in [2.45, 2.75) is 6.92 Å². The van der Waals surface area contributed by atoms with Gasteiger partial charge < -0.3 is 9.84 Å². The van der Waals surface area contributed by atoms with Crippen LogP contribution in [0.1, 0.15) is 15.9 Å². The van der Waals surface area contributed by atoms with Crippen molar-refractivity contribution >= 4 is 11.6 Å². The lowest BCUT2D eigenvalue weighted by Gasteiger charge is -2.05. The van der Waals surface area contributed by atoms with Gasteiger partial charge in [0.2, 0.25) is 0 Å². The highest BCUT2D eigenvalue weighted by molar-refractivity contribution is 6.07. The zero-order valence-electron chi connectivity index (χ0n) is 12.1. The van der Waals surface area contributed by atoms with E-state index >= 15 is 0 Å². The molecule has 23 heavy (non-hydrogen) atoms. The molecule has 6 heteroatoms. The number of carbonyl (C=O) groups is 1. The third-order valence-corrected chi connectivity index (χ3v) is 3.31. The molecule has 0 fully saturated rings. The molecule has 1 heterocycles. The normalized spacial score (nSPS) is 10.6. The Hall–Kier alpha value is -3.02. The molecular weight excluding hydrogens is 302 g/mol. The van der Waals surface area contributed by atoms with Crippen LogP contribution in [0.5, 0.6) is 0 Å². The number of hydrogen-bond acceptors (Lipinski definition) is 3. The van der Waals surface area contributed by atoms with Crippen LogP contribution < -0.4 is 5.32 Å². The van der Waals surface area contributed by atoms with E-state index in [0.29, 0.717) is 5.69 Å². The van der Waals surface area contributed by atoms with Crippen LogP contribution >= 0.6 is 0 Å². The number of aryl methyl sites for hydroxylation is 1. The second kappa shape index (κ2) is 6.00. The van der Waals surface area contributed by atoms with Crippen LogP contribution in [-0.4, -0.2) is 11.1 Å². The molecule has 116 valence electrons. The zero-order valence-corrected chi connectivity index (χ0v) is 12.1. The van der Waals surface area contributed by atoms with Crippen LogP contribution in [0.2, 0.25) is 0 Å². The molecule has 0 aliphatic carbocycles. The summed E-state index contributed by atoms with van der Waals surface area (Å²) in [6, 6.07) is 10.5. The van der Waals surface area contributed by atoms with Gasteiger partial charge in [0, 0.05) is 11.3 Å². The van der Waals surface area contributed by atoms with Crippen LogP contribution in [-0.2, 0) is 0 Å². The van der Waals surface area contributed by atoms with Gasteiger partial charge in [-0.05, 0) is 37.3 Å². The smallest absolute Gasteiger partial charge is 0.261 e. The Kier molecular flexibility index (Phi) is 3.89. The van der Waals surface area contributed by atoms with Crippen molar-refractivity contribution in [1.29, 1.82) is 0 Å². The van der Waals surface area contributed by atoms with Crippen LogP contribution in [0, 0.1) is 18.6 Å². The van der Waals surface area contributed by atoms with Gasteiger partial charge in [-0.25, -0.2) is 8.78 Å². The van der Waals surface area contributed by atoms with Gasteiger partial charge in [0.1, 0.15) is 5.56 Å². The molecule has 1 amide bonds. The number of anilines is 1. The molecule has 1 N–H and O–H groups in total. The summed E-state index contributed by atoms with van der Waals surface area (Å²) in [5, 5.41) is 6.28. The third kappa shape index (κ3) is 3.11. The Morgan fingerprint density at radius 2 is 1.83 bits per heavy atom. The van der Waals surface area contributed by atoms with Gasteiger partial charge >= 0.3 is 0 Å². The standard InChI is InChI=1S/C17H12F2N2O2/c1-10-2-5-12(6-3-10)21-17(22)13-9-20-23-16(13)11-4-7-14(18)15(19)8-11/h2-9H,1H3,(H,21,22). The van der Waals surface area contributed by atoms with Gasteiger partial charge in [0.25, 0.3) is 5.91 Å². The van der Waals surface area contributed by atoms with E-state index in [4.69, 9.17) is 4.52 Å².